The molecule has 0 heterocycles. The molecule has 0 fully saturated rings. The number of benzene rings is 1. The molecule has 116 valence electrons. The van der Waals surface area contributed by atoms with Crippen molar-refractivity contribution >= 4 is 12.1 Å². The Hall–Kier alpha value is -1.64. The molecule has 1 aromatic carbocycles. The van der Waals surface area contributed by atoms with Crippen LogP contribution in [0, 0.1) is 0 Å². The minimum Gasteiger partial charge on any atom is -0.507 e. The number of phenolic OH excluding ortho intramolecular Hbond substituents is 1. The molecule has 0 atom stereocenters. The van der Waals surface area contributed by atoms with E-state index in [1.165, 1.54) is 0 Å². The summed E-state index contributed by atoms with van der Waals surface area (Å²) >= 11 is 0. The quantitative estimate of drug-likeness (QED) is 0.679. The zero-order valence-corrected chi connectivity index (χ0v) is 13.9. The molecule has 0 radical (unpaired) electrons. The van der Waals surface area contributed by atoms with Crippen molar-refractivity contribution < 1.29 is 14.7 Å². The second-order valence-corrected chi connectivity index (χ2v) is 7.62. The van der Waals surface area contributed by atoms with E-state index in [2.05, 4.69) is 41.5 Å². The van der Waals surface area contributed by atoms with Gasteiger partial charge in [-0.1, -0.05) is 53.7 Å². The van der Waals surface area contributed by atoms with E-state index in [4.69, 9.17) is 0 Å². The maximum atomic E-state index is 11.2. The number of aldehydes is 1. The summed E-state index contributed by atoms with van der Waals surface area (Å²) in [4.78, 5) is 21.6. The molecule has 1 aromatic rings. The van der Waals surface area contributed by atoms with E-state index in [9.17, 15) is 14.7 Å². The van der Waals surface area contributed by atoms with E-state index in [1.54, 1.807) is 0 Å². The topological polar surface area (TPSA) is 54.4 Å². The lowest BCUT2D eigenvalue weighted by Gasteiger charge is -2.28. The van der Waals surface area contributed by atoms with E-state index in [0.717, 1.165) is 16.7 Å². The number of hydrogen-bond donors (Lipinski definition) is 1. The lowest BCUT2D eigenvalue weighted by Crippen LogP contribution is -2.18. The first-order valence-corrected chi connectivity index (χ1v) is 7.31. The van der Waals surface area contributed by atoms with Gasteiger partial charge in [-0.3, -0.25) is 9.59 Å². The standard InChI is InChI=1S/C18H26O3/c1-17(2,3)14-9-12(7-8-13(20)11-19)10-15(16(14)21)18(4,5)6/h9-11,21H,7-8H2,1-6H3. The van der Waals surface area contributed by atoms with Crippen LogP contribution in [0.4, 0.5) is 0 Å². The van der Waals surface area contributed by atoms with Gasteiger partial charge in [0.05, 0.1) is 0 Å². The molecule has 0 unspecified atom stereocenters. The van der Waals surface area contributed by atoms with Crippen molar-refractivity contribution in [1.29, 1.82) is 0 Å². The Labute approximate surface area is 127 Å². The van der Waals surface area contributed by atoms with Gasteiger partial charge in [0, 0.05) is 6.42 Å². The van der Waals surface area contributed by atoms with Crippen molar-refractivity contribution in [1.82, 2.24) is 0 Å². The fourth-order valence-corrected chi connectivity index (χ4v) is 2.31. The first kappa shape index (κ1) is 17.4. The summed E-state index contributed by atoms with van der Waals surface area (Å²) in [7, 11) is 0. The third-order valence-electron chi connectivity index (χ3n) is 3.58. The first-order chi connectivity index (χ1) is 9.46. The molecule has 1 rings (SSSR count). The second kappa shape index (κ2) is 6.00. The molecule has 3 nitrogen and oxygen atoms in total. The molecule has 0 saturated heterocycles. The fraction of sp³-hybridized carbons (Fsp3) is 0.556. The summed E-state index contributed by atoms with van der Waals surface area (Å²) in [6.07, 6.45) is 1.10. The SMILES string of the molecule is CC(C)(C)c1cc(CCC(=O)C=O)cc(C(C)(C)C)c1O. The average molecular weight is 290 g/mol. The molecule has 0 aliphatic rings. The van der Waals surface area contributed by atoms with Crippen LogP contribution >= 0.6 is 0 Å². The van der Waals surface area contributed by atoms with Crippen LogP contribution in [0.1, 0.15) is 64.7 Å². The van der Waals surface area contributed by atoms with Gasteiger partial charge in [0.25, 0.3) is 0 Å². The van der Waals surface area contributed by atoms with Crippen LogP contribution in [0.2, 0.25) is 0 Å². The molecule has 0 aliphatic heterocycles. The maximum absolute atomic E-state index is 11.2. The maximum Gasteiger partial charge on any atom is 0.195 e. The molecule has 0 spiro atoms. The van der Waals surface area contributed by atoms with Gasteiger partial charge in [0.1, 0.15) is 5.75 Å². The predicted octanol–water partition coefficient (Wildman–Crippen LogP) is 3.69. The van der Waals surface area contributed by atoms with E-state index in [1.807, 2.05) is 12.1 Å². The number of phenols is 1. The molecule has 0 aromatic heterocycles. The predicted molar refractivity (Wildman–Crippen MR) is 84.9 cm³/mol. The number of rotatable bonds is 4. The smallest absolute Gasteiger partial charge is 0.195 e. The van der Waals surface area contributed by atoms with Crippen LogP contribution in [-0.4, -0.2) is 17.2 Å². The van der Waals surface area contributed by atoms with Gasteiger partial charge >= 0.3 is 0 Å². The number of aromatic hydroxyl groups is 1. The minimum absolute atomic E-state index is 0.186. The summed E-state index contributed by atoms with van der Waals surface area (Å²) < 4.78 is 0. The molecule has 0 amide bonds. The van der Waals surface area contributed by atoms with E-state index < -0.39 is 5.78 Å². The van der Waals surface area contributed by atoms with E-state index >= 15 is 0 Å². The van der Waals surface area contributed by atoms with Crippen LogP contribution in [-0.2, 0) is 26.8 Å². The number of aryl methyl sites for hydroxylation is 1. The first-order valence-electron chi connectivity index (χ1n) is 7.31. The lowest BCUT2D eigenvalue weighted by atomic mass is 9.78. The van der Waals surface area contributed by atoms with Crippen molar-refractivity contribution in [3.8, 4) is 5.75 Å². The van der Waals surface area contributed by atoms with Crippen molar-refractivity contribution in [3.63, 3.8) is 0 Å². The van der Waals surface area contributed by atoms with Gasteiger partial charge in [-0.15, -0.1) is 0 Å². The number of carbonyl (C=O) groups is 2. The molecule has 0 aliphatic carbocycles. The van der Waals surface area contributed by atoms with E-state index in [0.29, 0.717) is 18.5 Å². The molecule has 0 saturated carbocycles. The van der Waals surface area contributed by atoms with Gasteiger partial charge in [-0.05, 0) is 33.9 Å². The summed E-state index contributed by atoms with van der Waals surface area (Å²) in [6.45, 7) is 12.3. The highest BCUT2D eigenvalue weighted by molar-refractivity contribution is 6.24. The average Bonchev–Trinajstić information content (AvgIpc) is 2.34. The van der Waals surface area contributed by atoms with Crippen LogP contribution in [0.25, 0.3) is 0 Å². The van der Waals surface area contributed by atoms with Gasteiger partial charge in [-0.25, -0.2) is 0 Å². The summed E-state index contributed by atoms with van der Waals surface area (Å²) in [6, 6.07) is 3.89. The molecule has 3 heteroatoms. The molecular formula is C18H26O3. The Morgan fingerprint density at radius 1 is 1.05 bits per heavy atom. The third kappa shape index (κ3) is 4.42. The normalized spacial score (nSPS) is 12.3. The summed E-state index contributed by atoms with van der Waals surface area (Å²) in [5.41, 5.74) is 2.37. The van der Waals surface area contributed by atoms with Crippen LogP contribution in [0.15, 0.2) is 12.1 Å². The van der Waals surface area contributed by atoms with Crippen LogP contribution < -0.4 is 0 Å². The lowest BCUT2D eigenvalue weighted by molar-refractivity contribution is -0.129. The van der Waals surface area contributed by atoms with Gasteiger partial charge in [0.15, 0.2) is 12.1 Å². The van der Waals surface area contributed by atoms with Crippen molar-refractivity contribution in [2.24, 2.45) is 0 Å². The summed E-state index contributed by atoms with van der Waals surface area (Å²) in [5, 5.41) is 10.6. The summed E-state index contributed by atoms with van der Waals surface area (Å²) in [5.74, 6) is -0.0573. The largest absolute Gasteiger partial charge is 0.507 e. The fourth-order valence-electron chi connectivity index (χ4n) is 2.31. The number of ketones is 1. The number of Topliss-reactive ketones (excluding diaryl/α,β-unsaturated/α-hetero) is 1. The van der Waals surface area contributed by atoms with Gasteiger partial charge < -0.3 is 5.11 Å². The molecule has 21 heavy (non-hydrogen) atoms. The van der Waals surface area contributed by atoms with Crippen LogP contribution in [0.3, 0.4) is 0 Å². The monoisotopic (exact) mass is 290 g/mol. The Kier molecular flexibility index (Phi) is 4.98. The third-order valence-corrected chi connectivity index (χ3v) is 3.58. The van der Waals surface area contributed by atoms with Crippen molar-refractivity contribution in [2.75, 3.05) is 0 Å². The van der Waals surface area contributed by atoms with Crippen LogP contribution in [0.5, 0.6) is 5.75 Å². The Balaban J connectivity index is 3.34. The second-order valence-electron chi connectivity index (χ2n) is 7.62. The minimum atomic E-state index is -0.391. The molecule has 1 N–H and O–H groups in total. The highest BCUT2D eigenvalue weighted by Gasteiger charge is 2.26. The highest BCUT2D eigenvalue weighted by atomic mass is 16.3. The Bertz CT molecular complexity index is 508. The number of carbonyl (C=O) groups excluding carboxylic acids is 2. The molecular weight excluding hydrogens is 264 g/mol. The van der Waals surface area contributed by atoms with Crippen molar-refractivity contribution in [3.05, 3.63) is 28.8 Å². The molecule has 0 bridgehead atoms. The highest BCUT2D eigenvalue weighted by Crippen LogP contribution is 2.39. The number of hydrogen-bond acceptors (Lipinski definition) is 3. The Morgan fingerprint density at radius 3 is 1.81 bits per heavy atom. The zero-order valence-electron chi connectivity index (χ0n) is 13.9. The zero-order chi connectivity index (χ0) is 16.4. The van der Waals surface area contributed by atoms with Gasteiger partial charge in [0.2, 0.25) is 0 Å². The van der Waals surface area contributed by atoms with Crippen molar-refractivity contribution in [2.45, 2.75) is 65.2 Å². The Morgan fingerprint density at radius 2 is 1.48 bits per heavy atom. The van der Waals surface area contributed by atoms with E-state index in [-0.39, 0.29) is 17.3 Å². The van der Waals surface area contributed by atoms with Gasteiger partial charge in [-0.2, -0.15) is 0 Å².